The summed E-state index contributed by atoms with van der Waals surface area (Å²) in [5.74, 6) is -1.15. The number of carbonyl (C=O) groups excluding carboxylic acids is 2. The van der Waals surface area contributed by atoms with E-state index in [4.69, 9.17) is 11.6 Å². The van der Waals surface area contributed by atoms with Gasteiger partial charge >= 0.3 is 0 Å². The molecule has 0 radical (unpaired) electrons. The summed E-state index contributed by atoms with van der Waals surface area (Å²) in [6, 6.07) is 7.30. The smallest absolute Gasteiger partial charge is 0.254 e. The van der Waals surface area contributed by atoms with Gasteiger partial charge in [0.2, 0.25) is 5.91 Å². The third-order valence-electron chi connectivity index (χ3n) is 2.99. The number of nitrogens with one attached hydrogen (secondary N) is 2. The summed E-state index contributed by atoms with van der Waals surface area (Å²) in [5.41, 5.74) is 0.871. The first kappa shape index (κ1) is 16.9. The maximum absolute atomic E-state index is 13.6. The van der Waals surface area contributed by atoms with E-state index in [-0.39, 0.29) is 29.5 Å². The van der Waals surface area contributed by atoms with Crippen LogP contribution < -0.4 is 10.6 Å². The minimum Gasteiger partial charge on any atom is -0.351 e. The summed E-state index contributed by atoms with van der Waals surface area (Å²) in [6.07, 6.45) is 1.69. The summed E-state index contributed by atoms with van der Waals surface area (Å²) < 4.78 is 13.6. The van der Waals surface area contributed by atoms with Gasteiger partial charge in [-0.15, -0.1) is 0 Å². The molecule has 2 aromatic rings. The average Bonchev–Trinajstić information content (AvgIpc) is 2.49. The van der Waals surface area contributed by atoms with Crippen molar-refractivity contribution in [2.24, 2.45) is 0 Å². The Morgan fingerprint density at radius 1 is 1.26 bits per heavy atom. The fraction of sp³-hybridized carbons (Fsp3) is 0.188. The number of halogens is 2. The molecule has 2 amide bonds. The largest absolute Gasteiger partial charge is 0.351 e. The van der Waals surface area contributed by atoms with E-state index >= 15 is 0 Å². The molecule has 5 nitrogen and oxygen atoms in total. The standard InChI is InChI=1S/C16H15ClFN3O2/c1-10-2-5-14(20-9-10)21-15(22)6-7-19-16(23)12-4-3-11(17)8-13(12)18/h2-5,8-9H,6-7H2,1H3,(H,19,23)(H,20,21,22). The fourth-order valence-electron chi connectivity index (χ4n) is 1.81. The normalized spacial score (nSPS) is 10.2. The summed E-state index contributed by atoms with van der Waals surface area (Å²) in [4.78, 5) is 27.6. The molecule has 0 fully saturated rings. The van der Waals surface area contributed by atoms with Gasteiger partial charge in [-0.25, -0.2) is 9.37 Å². The van der Waals surface area contributed by atoms with E-state index in [2.05, 4.69) is 15.6 Å². The Hall–Kier alpha value is -2.47. The topological polar surface area (TPSA) is 71.1 Å². The molecule has 0 bridgehead atoms. The van der Waals surface area contributed by atoms with Gasteiger partial charge in [0.25, 0.3) is 5.91 Å². The number of amides is 2. The molecule has 7 heteroatoms. The Balaban J connectivity index is 1.81. The zero-order valence-electron chi connectivity index (χ0n) is 12.4. The Bertz CT molecular complexity index is 720. The molecule has 120 valence electrons. The molecule has 0 aliphatic heterocycles. The number of pyridine rings is 1. The number of benzene rings is 1. The van der Waals surface area contributed by atoms with Crippen LogP contribution >= 0.6 is 11.6 Å². The minimum atomic E-state index is -0.705. The van der Waals surface area contributed by atoms with Gasteiger partial charge in [-0.05, 0) is 36.8 Å². The second-order valence-corrected chi connectivity index (χ2v) is 5.34. The highest BCUT2D eigenvalue weighted by Gasteiger charge is 2.12. The van der Waals surface area contributed by atoms with Gasteiger partial charge in [-0.2, -0.15) is 0 Å². The van der Waals surface area contributed by atoms with Crippen LogP contribution in [-0.2, 0) is 4.79 Å². The van der Waals surface area contributed by atoms with Gasteiger partial charge < -0.3 is 10.6 Å². The molecule has 1 heterocycles. The van der Waals surface area contributed by atoms with E-state index in [0.717, 1.165) is 11.6 Å². The number of anilines is 1. The van der Waals surface area contributed by atoms with E-state index < -0.39 is 11.7 Å². The van der Waals surface area contributed by atoms with Crippen molar-refractivity contribution >= 4 is 29.2 Å². The van der Waals surface area contributed by atoms with E-state index in [9.17, 15) is 14.0 Å². The lowest BCUT2D eigenvalue weighted by atomic mass is 10.2. The Kier molecular flexibility index (Phi) is 5.65. The van der Waals surface area contributed by atoms with Gasteiger partial charge in [0.1, 0.15) is 11.6 Å². The number of carbonyl (C=O) groups is 2. The van der Waals surface area contributed by atoms with Crippen LogP contribution in [0.25, 0.3) is 0 Å². The molecule has 2 N–H and O–H groups in total. The molecule has 0 saturated carbocycles. The summed E-state index contributed by atoms with van der Waals surface area (Å²) in [7, 11) is 0. The van der Waals surface area contributed by atoms with Crippen LogP contribution in [0.5, 0.6) is 0 Å². The quantitative estimate of drug-likeness (QED) is 0.882. The van der Waals surface area contributed by atoms with E-state index in [1.807, 2.05) is 13.0 Å². The van der Waals surface area contributed by atoms with E-state index in [1.54, 1.807) is 12.3 Å². The average molecular weight is 336 g/mol. The van der Waals surface area contributed by atoms with Crippen LogP contribution in [0.3, 0.4) is 0 Å². The number of rotatable bonds is 5. The van der Waals surface area contributed by atoms with Crippen LogP contribution in [0.2, 0.25) is 5.02 Å². The maximum atomic E-state index is 13.6. The SMILES string of the molecule is Cc1ccc(NC(=O)CCNC(=O)c2ccc(Cl)cc2F)nc1. The minimum absolute atomic E-state index is 0.0521. The molecule has 1 aromatic carbocycles. The molecule has 0 spiro atoms. The number of hydrogen-bond acceptors (Lipinski definition) is 3. The van der Waals surface area contributed by atoms with Crippen molar-refractivity contribution in [3.8, 4) is 0 Å². The van der Waals surface area contributed by atoms with Gasteiger partial charge in [-0.1, -0.05) is 17.7 Å². The van der Waals surface area contributed by atoms with Crippen molar-refractivity contribution in [1.29, 1.82) is 0 Å². The maximum Gasteiger partial charge on any atom is 0.254 e. The van der Waals surface area contributed by atoms with Gasteiger partial charge in [0.15, 0.2) is 0 Å². The van der Waals surface area contributed by atoms with Crippen molar-refractivity contribution in [1.82, 2.24) is 10.3 Å². The van der Waals surface area contributed by atoms with E-state index in [1.165, 1.54) is 12.1 Å². The number of aryl methyl sites for hydroxylation is 1. The molecule has 0 unspecified atom stereocenters. The second-order valence-electron chi connectivity index (χ2n) is 4.90. The van der Waals surface area contributed by atoms with Crippen LogP contribution in [0.4, 0.5) is 10.2 Å². The highest BCUT2D eigenvalue weighted by atomic mass is 35.5. The van der Waals surface area contributed by atoms with Gasteiger partial charge in [0.05, 0.1) is 5.56 Å². The first-order valence-electron chi connectivity index (χ1n) is 6.91. The Morgan fingerprint density at radius 3 is 2.70 bits per heavy atom. The van der Waals surface area contributed by atoms with Gasteiger partial charge in [0, 0.05) is 24.2 Å². The molecular weight excluding hydrogens is 321 g/mol. The van der Waals surface area contributed by atoms with Crippen molar-refractivity contribution in [2.75, 3.05) is 11.9 Å². The van der Waals surface area contributed by atoms with Crippen molar-refractivity contribution in [2.45, 2.75) is 13.3 Å². The molecule has 0 aliphatic rings. The Morgan fingerprint density at radius 2 is 2.04 bits per heavy atom. The third kappa shape index (κ3) is 5.03. The highest BCUT2D eigenvalue weighted by molar-refractivity contribution is 6.30. The number of aromatic nitrogens is 1. The Labute approximate surface area is 137 Å². The van der Waals surface area contributed by atoms with Crippen LogP contribution in [0.1, 0.15) is 22.3 Å². The van der Waals surface area contributed by atoms with Gasteiger partial charge in [-0.3, -0.25) is 9.59 Å². The molecule has 0 aliphatic carbocycles. The zero-order chi connectivity index (χ0) is 16.8. The first-order chi connectivity index (χ1) is 11.0. The molecule has 2 rings (SSSR count). The summed E-state index contributed by atoms with van der Waals surface area (Å²) in [6.45, 7) is 1.97. The second kappa shape index (κ2) is 7.69. The molecule has 1 aromatic heterocycles. The molecule has 0 atom stereocenters. The number of nitrogens with zero attached hydrogens (tertiary/aromatic N) is 1. The lowest BCUT2D eigenvalue weighted by Crippen LogP contribution is -2.28. The number of hydrogen-bond donors (Lipinski definition) is 2. The summed E-state index contributed by atoms with van der Waals surface area (Å²) >= 11 is 5.62. The lowest BCUT2D eigenvalue weighted by molar-refractivity contribution is -0.116. The third-order valence-corrected chi connectivity index (χ3v) is 3.23. The predicted molar refractivity (Wildman–Crippen MR) is 86.0 cm³/mol. The van der Waals surface area contributed by atoms with Crippen molar-refractivity contribution < 1.29 is 14.0 Å². The highest BCUT2D eigenvalue weighted by Crippen LogP contribution is 2.14. The van der Waals surface area contributed by atoms with Crippen LogP contribution in [0, 0.1) is 12.7 Å². The van der Waals surface area contributed by atoms with Crippen LogP contribution in [-0.4, -0.2) is 23.3 Å². The zero-order valence-corrected chi connectivity index (χ0v) is 13.2. The fourth-order valence-corrected chi connectivity index (χ4v) is 1.96. The monoisotopic (exact) mass is 335 g/mol. The van der Waals surface area contributed by atoms with Crippen molar-refractivity contribution in [3.05, 3.63) is 58.5 Å². The summed E-state index contributed by atoms with van der Waals surface area (Å²) in [5, 5.41) is 5.30. The lowest BCUT2D eigenvalue weighted by Gasteiger charge is -2.07. The first-order valence-corrected chi connectivity index (χ1v) is 7.29. The van der Waals surface area contributed by atoms with Crippen molar-refractivity contribution in [3.63, 3.8) is 0 Å². The molecular formula is C16H15ClFN3O2. The van der Waals surface area contributed by atoms with Crippen LogP contribution in [0.15, 0.2) is 36.5 Å². The molecule has 23 heavy (non-hydrogen) atoms. The predicted octanol–water partition coefficient (Wildman–Crippen LogP) is 2.94. The van der Waals surface area contributed by atoms with E-state index in [0.29, 0.717) is 5.82 Å². The molecule has 0 saturated heterocycles.